The molecule has 0 aromatic carbocycles. The van der Waals surface area contributed by atoms with Gasteiger partial charge in [-0.1, -0.05) is 6.07 Å². The Labute approximate surface area is 149 Å². The third-order valence-electron chi connectivity index (χ3n) is 4.49. The summed E-state index contributed by atoms with van der Waals surface area (Å²) < 4.78 is 2.18. The van der Waals surface area contributed by atoms with Crippen LogP contribution in [0.2, 0.25) is 0 Å². The molecular formula is C18H25N5S. The van der Waals surface area contributed by atoms with E-state index in [-0.39, 0.29) is 12.1 Å². The highest BCUT2D eigenvalue weighted by molar-refractivity contribution is 7.80. The van der Waals surface area contributed by atoms with Gasteiger partial charge in [0.2, 0.25) is 0 Å². The molecule has 1 aliphatic heterocycles. The van der Waals surface area contributed by atoms with Crippen LogP contribution in [0.4, 0.5) is 0 Å². The summed E-state index contributed by atoms with van der Waals surface area (Å²) >= 11 is 5.66. The average Bonchev–Trinajstić information content (AvgIpc) is 3.11. The van der Waals surface area contributed by atoms with Gasteiger partial charge >= 0.3 is 0 Å². The second kappa shape index (κ2) is 7.32. The van der Waals surface area contributed by atoms with Gasteiger partial charge in [0, 0.05) is 31.7 Å². The fraction of sp³-hybridized carbons (Fsp3) is 0.444. The number of nitrogens with one attached hydrogen (secondary N) is 1. The first-order valence-electron chi connectivity index (χ1n) is 8.32. The lowest BCUT2D eigenvalue weighted by Gasteiger charge is -2.28. The standard InChI is InChI=1S/C18H25N5S/c1-21(2)11-7-13-23-17(15-9-6-12-22(15)3)16(20-18(23)24)14-8-4-5-10-19-14/h4-6,8-10,12,16-17H,7,11,13H2,1-3H3,(H,20,24)/t16-,17+/m1/s1. The van der Waals surface area contributed by atoms with E-state index in [4.69, 9.17) is 12.2 Å². The van der Waals surface area contributed by atoms with Gasteiger partial charge in [0.1, 0.15) is 0 Å². The van der Waals surface area contributed by atoms with E-state index in [2.05, 4.69) is 70.2 Å². The van der Waals surface area contributed by atoms with Crippen molar-refractivity contribution in [1.29, 1.82) is 0 Å². The molecule has 1 fully saturated rings. The first-order chi connectivity index (χ1) is 11.6. The number of aromatic nitrogens is 2. The topological polar surface area (TPSA) is 36.3 Å². The second-order valence-corrected chi connectivity index (χ2v) is 6.91. The third kappa shape index (κ3) is 3.44. The minimum Gasteiger partial charge on any atom is -0.353 e. The lowest BCUT2D eigenvalue weighted by Crippen LogP contribution is -2.32. The lowest BCUT2D eigenvalue weighted by molar-refractivity contribution is 0.285. The summed E-state index contributed by atoms with van der Waals surface area (Å²) in [5.74, 6) is 0. The predicted molar refractivity (Wildman–Crippen MR) is 101 cm³/mol. The summed E-state index contributed by atoms with van der Waals surface area (Å²) in [6, 6.07) is 10.5. The summed E-state index contributed by atoms with van der Waals surface area (Å²) in [5, 5.41) is 4.31. The van der Waals surface area contributed by atoms with Crippen LogP contribution in [0.5, 0.6) is 0 Å². The molecule has 128 valence electrons. The normalized spacial score (nSPS) is 20.7. The highest BCUT2D eigenvalue weighted by Crippen LogP contribution is 2.38. The van der Waals surface area contributed by atoms with Crippen molar-refractivity contribution in [2.45, 2.75) is 18.5 Å². The van der Waals surface area contributed by atoms with Gasteiger partial charge in [0.15, 0.2) is 5.11 Å². The molecule has 1 aliphatic rings. The van der Waals surface area contributed by atoms with E-state index in [1.165, 1.54) is 5.69 Å². The fourth-order valence-electron chi connectivity index (χ4n) is 3.31. The Morgan fingerprint density at radius 1 is 1.25 bits per heavy atom. The zero-order valence-electron chi connectivity index (χ0n) is 14.5. The molecule has 1 N–H and O–H groups in total. The van der Waals surface area contributed by atoms with E-state index >= 15 is 0 Å². The van der Waals surface area contributed by atoms with Crippen molar-refractivity contribution in [3.05, 3.63) is 54.1 Å². The van der Waals surface area contributed by atoms with Crippen molar-refractivity contribution in [3.8, 4) is 0 Å². The van der Waals surface area contributed by atoms with E-state index in [9.17, 15) is 0 Å². The molecule has 24 heavy (non-hydrogen) atoms. The summed E-state index contributed by atoms with van der Waals surface area (Å²) in [7, 11) is 6.29. The smallest absolute Gasteiger partial charge is 0.170 e. The molecule has 0 aliphatic carbocycles. The van der Waals surface area contributed by atoms with Crippen LogP contribution in [-0.2, 0) is 7.05 Å². The van der Waals surface area contributed by atoms with Crippen molar-refractivity contribution in [2.75, 3.05) is 27.2 Å². The maximum absolute atomic E-state index is 5.66. The molecule has 2 aromatic rings. The number of aryl methyl sites for hydroxylation is 1. The van der Waals surface area contributed by atoms with Crippen molar-refractivity contribution < 1.29 is 0 Å². The Hall–Kier alpha value is -1.92. The average molecular weight is 344 g/mol. The van der Waals surface area contributed by atoms with Gasteiger partial charge in [0.25, 0.3) is 0 Å². The molecule has 0 spiro atoms. The van der Waals surface area contributed by atoms with Crippen molar-refractivity contribution in [3.63, 3.8) is 0 Å². The Morgan fingerprint density at radius 2 is 2.08 bits per heavy atom. The van der Waals surface area contributed by atoms with E-state index in [1.807, 2.05) is 18.3 Å². The summed E-state index contributed by atoms with van der Waals surface area (Å²) in [5.41, 5.74) is 2.28. The molecule has 0 radical (unpaired) electrons. The van der Waals surface area contributed by atoms with Crippen LogP contribution in [0.3, 0.4) is 0 Å². The molecule has 5 nitrogen and oxygen atoms in total. The van der Waals surface area contributed by atoms with Crippen molar-refractivity contribution in [2.24, 2.45) is 7.05 Å². The number of thiocarbonyl (C=S) groups is 1. The largest absolute Gasteiger partial charge is 0.353 e. The number of rotatable bonds is 6. The number of hydrogen-bond acceptors (Lipinski definition) is 3. The number of hydrogen-bond donors (Lipinski definition) is 1. The van der Waals surface area contributed by atoms with Crippen LogP contribution >= 0.6 is 12.2 Å². The molecule has 2 atom stereocenters. The van der Waals surface area contributed by atoms with Gasteiger partial charge in [-0.25, -0.2) is 0 Å². The molecule has 1 saturated heterocycles. The molecule has 6 heteroatoms. The first-order valence-corrected chi connectivity index (χ1v) is 8.73. The fourth-order valence-corrected chi connectivity index (χ4v) is 3.64. The van der Waals surface area contributed by atoms with Gasteiger partial charge in [-0.3, -0.25) is 4.98 Å². The number of pyridine rings is 1. The highest BCUT2D eigenvalue weighted by Gasteiger charge is 2.40. The zero-order chi connectivity index (χ0) is 17.1. The van der Waals surface area contributed by atoms with Crippen LogP contribution in [0.25, 0.3) is 0 Å². The molecule has 3 rings (SSSR count). The monoisotopic (exact) mass is 343 g/mol. The Morgan fingerprint density at radius 3 is 2.71 bits per heavy atom. The van der Waals surface area contributed by atoms with Gasteiger partial charge in [-0.2, -0.15) is 0 Å². The molecular weight excluding hydrogens is 318 g/mol. The van der Waals surface area contributed by atoms with E-state index in [1.54, 1.807) is 0 Å². The van der Waals surface area contributed by atoms with E-state index < -0.39 is 0 Å². The number of nitrogens with zero attached hydrogens (tertiary/aromatic N) is 4. The second-order valence-electron chi connectivity index (χ2n) is 6.52. The summed E-state index contributed by atoms with van der Waals surface area (Å²) in [6.45, 7) is 1.98. The SMILES string of the molecule is CN(C)CCCN1C(=S)N[C@H](c2ccccn2)[C@@H]1c1cccn1C. The van der Waals surface area contributed by atoms with Crippen LogP contribution in [0.1, 0.15) is 29.9 Å². The predicted octanol–water partition coefficient (Wildman–Crippen LogP) is 2.34. The van der Waals surface area contributed by atoms with E-state index in [0.717, 1.165) is 30.3 Å². The first kappa shape index (κ1) is 16.9. The Balaban J connectivity index is 1.90. The van der Waals surface area contributed by atoms with Crippen LogP contribution in [0, 0.1) is 0 Å². The van der Waals surface area contributed by atoms with Crippen LogP contribution in [-0.4, -0.2) is 51.6 Å². The zero-order valence-corrected chi connectivity index (χ0v) is 15.3. The Bertz CT molecular complexity index is 682. The highest BCUT2D eigenvalue weighted by atomic mass is 32.1. The Kier molecular flexibility index (Phi) is 5.16. The van der Waals surface area contributed by atoms with Crippen LogP contribution < -0.4 is 5.32 Å². The lowest BCUT2D eigenvalue weighted by atomic mass is 10.0. The molecule has 0 amide bonds. The van der Waals surface area contributed by atoms with Crippen LogP contribution in [0.15, 0.2) is 42.7 Å². The molecule has 3 heterocycles. The summed E-state index contributed by atoms with van der Waals surface area (Å²) in [4.78, 5) is 9.08. The molecule has 0 bridgehead atoms. The van der Waals surface area contributed by atoms with Crippen molar-refractivity contribution >= 4 is 17.3 Å². The molecule has 2 aromatic heterocycles. The molecule has 0 unspecified atom stereocenters. The van der Waals surface area contributed by atoms with Gasteiger partial charge in [0.05, 0.1) is 17.8 Å². The van der Waals surface area contributed by atoms with Gasteiger partial charge < -0.3 is 19.7 Å². The molecule has 0 saturated carbocycles. The maximum Gasteiger partial charge on any atom is 0.170 e. The third-order valence-corrected chi connectivity index (χ3v) is 4.84. The quantitative estimate of drug-likeness (QED) is 0.815. The summed E-state index contributed by atoms with van der Waals surface area (Å²) in [6.07, 6.45) is 5.01. The van der Waals surface area contributed by atoms with Gasteiger partial charge in [-0.05, 0) is 63.5 Å². The van der Waals surface area contributed by atoms with Gasteiger partial charge in [-0.15, -0.1) is 0 Å². The minimum atomic E-state index is 0.0756. The van der Waals surface area contributed by atoms with E-state index in [0.29, 0.717) is 0 Å². The minimum absolute atomic E-state index is 0.0756. The van der Waals surface area contributed by atoms with Crippen molar-refractivity contribution in [1.82, 2.24) is 24.7 Å². The maximum atomic E-state index is 5.66.